The first-order valence-corrected chi connectivity index (χ1v) is 8.37. The van der Waals surface area contributed by atoms with Gasteiger partial charge >= 0.3 is 0 Å². The summed E-state index contributed by atoms with van der Waals surface area (Å²) in [5, 5.41) is 0. The van der Waals surface area contributed by atoms with E-state index in [1.54, 1.807) is 14.2 Å². The first-order chi connectivity index (χ1) is 11.8. The Hall–Kier alpha value is -2.04. The zero-order valence-corrected chi connectivity index (χ0v) is 14.4. The third-order valence-corrected chi connectivity index (χ3v) is 4.42. The molecule has 3 rings (SSSR count). The van der Waals surface area contributed by atoms with Crippen molar-refractivity contribution in [3.63, 3.8) is 0 Å². The number of methoxy groups -OCH3 is 2. The zero-order valence-electron chi connectivity index (χ0n) is 14.4. The Balaban J connectivity index is 1.63. The predicted octanol–water partition coefficient (Wildman–Crippen LogP) is 3.15. The summed E-state index contributed by atoms with van der Waals surface area (Å²) in [5.41, 5.74) is 2.50. The fourth-order valence-corrected chi connectivity index (χ4v) is 3.15. The van der Waals surface area contributed by atoms with Crippen LogP contribution in [0.1, 0.15) is 11.1 Å². The van der Waals surface area contributed by atoms with Crippen molar-refractivity contribution in [3.05, 3.63) is 59.7 Å². The molecule has 4 heteroatoms. The number of morpholine rings is 1. The average molecular weight is 327 g/mol. The maximum atomic E-state index is 5.95. The summed E-state index contributed by atoms with van der Waals surface area (Å²) in [7, 11) is 3.38. The number of benzene rings is 2. The predicted molar refractivity (Wildman–Crippen MR) is 94.7 cm³/mol. The van der Waals surface area contributed by atoms with Crippen molar-refractivity contribution in [2.45, 2.75) is 19.1 Å². The normalized spacial score (nSPS) is 18.3. The van der Waals surface area contributed by atoms with Gasteiger partial charge in [-0.1, -0.05) is 36.4 Å². The molecule has 1 saturated heterocycles. The lowest BCUT2D eigenvalue weighted by atomic mass is 10.1. The number of hydrogen-bond acceptors (Lipinski definition) is 4. The Morgan fingerprint density at radius 1 is 1.08 bits per heavy atom. The molecule has 2 aromatic carbocycles. The molecule has 128 valence electrons. The van der Waals surface area contributed by atoms with E-state index >= 15 is 0 Å². The van der Waals surface area contributed by atoms with Gasteiger partial charge in [0.25, 0.3) is 0 Å². The quantitative estimate of drug-likeness (QED) is 0.815. The van der Waals surface area contributed by atoms with E-state index in [4.69, 9.17) is 14.2 Å². The average Bonchev–Trinajstić information content (AvgIpc) is 2.63. The Morgan fingerprint density at radius 2 is 1.92 bits per heavy atom. The molecule has 0 saturated carbocycles. The monoisotopic (exact) mass is 327 g/mol. The van der Waals surface area contributed by atoms with E-state index in [-0.39, 0.29) is 6.10 Å². The molecule has 4 nitrogen and oxygen atoms in total. The maximum Gasteiger partial charge on any atom is 0.127 e. The SMILES string of the molecule is COc1ccc(CN2CCOC(Cc3ccccc3)C2)c(OC)c1. The molecule has 24 heavy (non-hydrogen) atoms. The molecule has 0 amide bonds. The highest BCUT2D eigenvalue weighted by Gasteiger charge is 2.21. The van der Waals surface area contributed by atoms with Crippen LogP contribution in [0.4, 0.5) is 0 Å². The van der Waals surface area contributed by atoms with Crippen molar-refractivity contribution in [3.8, 4) is 11.5 Å². The fourth-order valence-electron chi connectivity index (χ4n) is 3.15. The summed E-state index contributed by atoms with van der Waals surface area (Å²) in [4.78, 5) is 2.43. The first-order valence-electron chi connectivity index (χ1n) is 8.37. The highest BCUT2D eigenvalue weighted by Crippen LogP contribution is 2.26. The van der Waals surface area contributed by atoms with E-state index in [0.717, 1.165) is 44.2 Å². The molecule has 0 bridgehead atoms. The van der Waals surface area contributed by atoms with Crippen molar-refractivity contribution in [2.75, 3.05) is 33.9 Å². The van der Waals surface area contributed by atoms with Crippen LogP contribution in [0.25, 0.3) is 0 Å². The van der Waals surface area contributed by atoms with Gasteiger partial charge in [0.2, 0.25) is 0 Å². The minimum Gasteiger partial charge on any atom is -0.497 e. The van der Waals surface area contributed by atoms with Crippen LogP contribution < -0.4 is 9.47 Å². The van der Waals surface area contributed by atoms with Crippen molar-refractivity contribution < 1.29 is 14.2 Å². The van der Waals surface area contributed by atoms with Crippen LogP contribution in [-0.2, 0) is 17.7 Å². The summed E-state index contributed by atoms with van der Waals surface area (Å²) >= 11 is 0. The minimum atomic E-state index is 0.241. The van der Waals surface area contributed by atoms with Gasteiger partial charge in [-0.2, -0.15) is 0 Å². The molecule has 0 spiro atoms. The lowest BCUT2D eigenvalue weighted by molar-refractivity contribution is -0.0306. The lowest BCUT2D eigenvalue weighted by Crippen LogP contribution is -2.42. The molecule has 0 radical (unpaired) electrons. The molecule has 0 aromatic heterocycles. The van der Waals surface area contributed by atoms with Crippen LogP contribution in [0.5, 0.6) is 11.5 Å². The van der Waals surface area contributed by atoms with Crippen LogP contribution in [0.3, 0.4) is 0 Å². The van der Waals surface area contributed by atoms with Gasteiger partial charge in [-0.15, -0.1) is 0 Å². The van der Waals surface area contributed by atoms with Crippen molar-refractivity contribution in [2.24, 2.45) is 0 Å². The van der Waals surface area contributed by atoms with Crippen LogP contribution >= 0.6 is 0 Å². The highest BCUT2D eigenvalue weighted by atomic mass is 16.5. The Bertz CT molecular complexity index is 645. The van der Waals surface area contributed by atoms with Gasteiger partial charge in [0.15, 0.2) is 0 Å². The van der Waals surface area contributed by atoms with Crippen LogP contribution in [0.15, 0.2) is 48.5 Å². The molecule has 0 aliphatic carbocycles. The van der Waals surface area contributed by atoms with E-state index in [2.05, 4.69) is 35.2 Å². The number of ether oxygens (including phenoxy) is 3. The van der Waals surface area contributed by atoms with Gasteiger partial charge in [-0.3, -0.25) is 4.90 Å². The largest absolute Gasteiger partial charge is 0.497 e. The van der Waals surface area contributed by atoms with E-state index < -0.39 is 0 Å². The van der Waals surface area contributed by atoms with Gasteiger partial charge in [0.1, 0.15) is 11.5 Å². The molecule has 1 heterocycles. The number of rotatable bonds is 6. The third-order valence-electron chi connectivity index (χ3n) is 4.42. The van der Waals surface area contributed by atoms with E-state index in [1.807, 2.05) is 18.2 Å². The lowest BCUT2D eigenvalue weighted by Gasteiger charge is -2.33. The van der Waals surface area contributed by atoms with E-state index in [1.165, 1.54) is 11.1 Å². The van der Waals surface area contributed by atoms with Gasteiger partial charge in [0.05, 0.1) is 26.9 Å². The second-order valence-electron chi connectivity index (χ2n) is 6.10. The number of hydrogen-bond donors (Lipinski definition) is 0. The summed E-state index contributed by atoms with van der Waals surface area (Å²) < 4.78 is 16.7. The molecular weight excluding hydrogens is 302 g/mol. The van der Waals surface area contributed by atoms with Crippen molar-refractivity contribution >= 4 is 0 Å². The molecule has 0 N–H and O–H groups in total. The van der Waals surface area contributed by atoms with Crippen LogP contribution in [0.2, 0.25) is 0 Å². The molecular formula is C20H25NO3. The topological polar surface area (TPSA) is 30.9 Å². The third kappa shape index (κ3) is 4.28. The molecule has 1 aliphatic heterocycles. The molecule has 1 fully saturated rings. The standard InChI is InChI=1S/C20H25NO3/c1-22-18-9-8-17(20(13-18)23-2)14-21-10-11-24-19(15-21)12-16-6-4-3-5-7-16/h3-9,13,19H,10-12,14-15H2,1-2H3. The smallest absolute Gasteiger partial charge is 0.127 e. The second-order valence-corrected chi connectivity index (χ2v) is 6.10. The maximum absolute atomic E-state index is 5.95. The first kappa shape index (κ1) is 16.8. The van der Waals surface area contributed by atoms with Crippen molar-refractivity contribution in [1.29, 1.82) is 0 Å². The second kappa shape index (κ2) is 8.18. The molecule has 2 aromatic rings. The summed E-state index contributed by atoms with van der Waals surface area (Å²) in [6.45, 7) is 3.52. The molecule has 1 unspecified atom stereocenters. The van der Waals surface area contributed by atoms with Crippen LogP contribution in [0, 0.1) is 0 Å². The summed E-state index contributed by atoms with van der Waals surface area (Å²) in [5.74, 6) is 1.69. The van der Waals surface area contributed by atoms with Gasteiger partial charge < -0.3 is 14.2 Å². The van der Waals surface area contributed by atoms with Gasteiger partial charge in [-0.25, -0.2) is 0 Å². The fraction of sp³-hybridized carbons (Fsp3) is 0.400. The Labute approximate surface area is 144 Å². The zero-order chi connectivity index (χ0) is 16.8. The summed E-state index contributed by atoms with van der Waals surface area (Å²) in [6, 6.07) is 16.5. The van der Waals surface area contributed by atoms with Crippen molar-refractivity contribution in [1.82, 2.24) is 4.90 Å². The highest BCUT2D eigenvalue weighted by molar-refractivity contribution is 5.40. The van der Waals surface area contributed by atoms with Crippen LogP contribution in [-0.4, -0.2) is 44.9 Å². The number of nitrogens with zero attached hydrogens (tertiary/aromatic N) is 1. The Kier molecular flexibility index (Phi) is 5.72. The van der Waals surface area contributed by atoms with Gasteiger partial charge in [-0.05, 0) is 18.1 Å². The minimum absolute atomic E-state index is 0.241. The molecule has 1 atom stereocenters. The van der Waals surface area contributed by atoms with E-state index in [0.29, 0.717) is 0 Å². The Morgan fingerprint density at radius 3 is 2.67 bits per heavy atom. The molecule has 1 aliphatic rings. The van der Waals surface area contributed by atoms with E-state index in [9.17, 15) is 0 Å². The summed E-state index contributed by atoms with van der Waals surface area (Å²) in [6.07, 6.45) is 1.20. The van der Waals surface area contributed by atoms with Gasteiger partial charge in [0, 0.05) is 31.3 Å².